The van der Waals surface area contributed by atoms with E-state index < -0.39 is 0 Å². The molecule has 5 rings (SSSR count). The van der Waals surface area contributed by atoms with Crippen LogP contribution in [0.15, 0.2) is 91.0 Å². The quantitative estimate of drug-likeness (QED) is 0.557. The van der Waals surface area contributed by atoms with E-state index in [1.54, 1.807) is 0 Å². The summed E-state index contributed by atoms with van der Waals surface area (Å²) in [6.07, 6.45) is 3.04. The first-order valence-electron chi connectivity index (χ1n) is 11.3. The van der Waals surface area contributed by atoms with Gasteiger partial charge in [-0.2, -0.15) is 0 Å². The van der Waals surface area contributed by atoms with Gasteiger partial charge in [0.25, 0.3) is 5.91 Å². The molecular weight excluding hydrogens is 382 g/mol. The smallest absolute Gasteiger partial charge is 0.254 e. The minimum atomic E-state index is -0.00389. The van der Waals surface area contributed by atoms with Crippen LogP contribution in [-0.2, 0) is 16.7 Å². The number of hydrogen-bond donors (Lipinski definition) is 0. The molecule has 1 amide bonds. The summed E-state index contributed by atoms with van der Waals surface area (Å²) in [5.74, 6) is 0.660. The highest BCUT2D eigenvalue weighted by Crippen LogP contribution is 2.51. The lowest BCUT2D eigenvalue weighted by atomic mass is 9.70. The highest BCUT2D eigenvalue weighted by atomic mass is 16.5. The molecular formula is C28H29NO2. The van der Waals surface area contributed by atoms with E-state index in [1.165, 1.54) is 11.1 Å². The van der Waals surface area contributed by atoms with Crippen LogP contribution in [0, 0.1) is 5.92 Å². The molecule has 0 spiro atoms. The normalized spacial score (nSPS) is 25.0. The monoisotopic (exact) mass is 411 g/mol. The number of fused-ring (bicyclic) bond motifs is 1. The van der Waals surface area contributed by atoms with E-state index in [-0.39, 0.29) is 17.4 Å². The predicted octanol–water partition coefficient (Wildman–Crippen LogP) is 5.47. The van der Waals surface area contributed by atoms with Gasteiger partial charge in [0, 0.05) is 30.2 Å². The van der Waals surface area contributed by atoms with Crippen LogP contribution in [0.3, 0.4) is 0 Å². The summed E-state index contributed by atoms with van der Waals surface area (Å²) in [4.78, 5) is 15.8. The molecule has 0 bridgehead atoms. The van der Waals surface area contributed by atoms with Crippen molar-refractivity contribution in [3.8, 4) is 0 Å². The van der Waals surface area contributed by atoms with Gasteiger partial charge in [0.1, 0.15) is 0 Å². The van der Waals surface area contributed by atoms with Crippen molar-refractivity contribution >= 4 is 5.91 Å². The highest BCUT2D eigenvalue weighted by Gasteiger charge is 2.52. The maximum absolute atomic E-state index is 13.7. The molecule has 1 aliphatic heterocycles. The second-order valence-corrected chi connectivity index (χ2v) is 8.94. The molecule has 31 heavy (non-hydrogen) atoms. The molecule has 1 aliphatic carbocycles. The van der Waals surface area contributed by atoms with Crippen LogP contribution < -0.4 is 0 Å². The lowest BCUT2D eigenvalue weighted by Crippen LogP contribution is -2.42. The van der Waals surface area contributed by atoms with E-state index in [9.17, 15) is 4.79 Å². The fourth-order valence-corrected chi connectivity index (χ4v) is 5.61. The Balaban J connectivity index is 1.50. The van der Waals surface area contributed by atoms with E-state index >= 15 is 0 Å². The first-order chi connectivity index (χ1) is 15.3. The highest BCUT2D eigenvalue weighted by molar-refractivity contribution is 5.94. The molecule has 2 fully saturated rings. The van der Waals surface area contributed by atoms with E-state index in [2.05, 4.69) is 47.4 Å². The largest absolute Gasteiger partial charge is 0.381 e. The molecule has 0 aromatic heterocycles. The molecule has 3 aromatic rings. The molecule has 1 heterocycles. The zero-order valence-electron chi connectivity index (χ0n) is 17.8. The minimum Gasteiger partial charge on any atom is -0.381 e. The molecule has 158 valence electrons. The summed E-state index contributed by atoms with van der Waals surface area (Å²) in [5.41, 5.74) is 3.29. The van der Waals surface area contributed by atoms with E-state index in [0.717, 1.165) is 38.0 Å². The van der Waals surface area contributed by atoms with E-state index in [4.69, 9.17) is 4.74 Å². The van der Waals surface area contributed by atoms with Crippen LogP contribution >= 0.6 is 0 Å². The van der Waals surface area contributed by atoms with Gasteiger partial charge in [0.15, 0.2) is 0 Å². The average molecular weight is 412 g/mol. The fraction of sp³-hybridized carbons (Fsp3) is 0.321. The van der Waals surface area contributed by atoms with Crippen molar-refractivity contribution in [3.05, 3.63) is 108 Å². The number of rotatable bonds is 5. The molecule has 0 unspecified atom stereocenters. The Labute approximate surface area is 184 Å². The first kappa shape index (κ1) is 20.0. The van der Waals surface area contributed by atoms with Gasteiger partial charge < -0.3 is 9.64 Å². The summed E-state index contributed by atoms with van der Waals surface area (Å²) >= 11 is 0. The summed E-state index contributed by atoms with van der Waals surface area (Å²) < 4.78 is 6.03. The summed E-state index contributed by atoms with van der Waals surface area (Å²) in [6, 6.07) is 31.1. The van der Waals surface area contributed by atoms with E-state index in [0.29, 0.717) is 12.5 Å². The molecule has 3 atom stereocenters. The van der Waals surface area contributed by atoms with Crippen LogP contribution in [0.2, 0.25) is 0 Å². The lowest BCUT2D eigenvalue weighted by molar-refractivity contribution is 0.00729. The standard InChI is InChI=1S/C28H29NO2/c30-27(23-12-6-2-7-13-23)29(20-22-10-4-1-5-11-22)26-18-25-16-17-31-21-28(25,19-26)24-14-8-3-9-15-24/h1-15,25-26H,16-21H2/t25-,26-,28-/m1/s1. The summed E-state index contributed by atoms with van der Waals surface area (Å²) in [6.45, 7) is 2.20. The summed E-state index contributed by atoms with van der Waals surface area (Å²) in [7, 11) is 0. The number of benzene rings is 3. The number of hydrogen-bond acceptors (Lipinski definition) is 2. The Morgan fingerprint density at radius 1 is 0.903 bits per heavy atom. The van der Waals surface area contributed by atoms with Crippen molar-refractivity contribution in [1.29, 1.82) is 0 Å². The first-order valence-corrected chi connectivity index (χ1v) is 11.3. The SMILES string of the molecule is O=C(c1ccccc1)N(Cc1ccccc1)[C@@H]1C[C@H]2CCOC[C@@]2(c2ccccc2)C1. The summed E-state index contributed by atoms with van der Waals surface area (Å²) in [5, 5.41) is 0. The Morgan fingerprint density at radius 3 is 2.26 bits per heavy atom. The molecule has 3 heteroatoms. The van der Waals surface area contributed by atoms with Gasteiger partial charge in [-0.25, -0.2) is 0 Å². The maximum atomic E-state index is 13.7. The molecule has 0 radical (unpaired) electrons. The van der Waals surface area contributed by atoms with Crippen molar-refractivity contribution in [2.75, 3.05) is 13.2 Å². The number of nitrogens with zero attached hydrogens (tertiary/aromatic N) is 1. The maximum Gasteiger partial charge on any atom is 0.254 e. The Morgan fingerprint density at radius 2 is 1.55 bits per heavy atom. The van der Waals surface area contributed by atoms with Crippen molar-refractivity contribution in [2.45, 2.75) is 37.3 Å². The molecule has 2 aliphatic rings. The zero-order chi connectivity index (χ0) is 21.1. The van der Waals surface area contributed by atoms with Crippen molar-refractivity contribution in [1.82, 2.24) is 4.90 Å². The van der Waals surface area contributed by atoms with Gasteiger partial charge in [-0.3, -0.25) is 4.79 Å². The van der Waals surface area contributed by atoms with Crippen molar-refractivity contribution < 1.29 is 9.53 Å². The number of carbonyl (C=O) groups excluding carboxylic acids is 1. The van der Waals surface area contributed by atoms with Gasteiger partial charge >= 0.3 is 0 Å². The number of carbonyl (C=O) groups is 1. The molecule has 3 nitrogen and oxygen atoms in total. The fourth-order valence-electron chi connectivity index (χ4n) is 5.61. The zero-order valence-corrected chi connectivity index (χ0v) is 17.8. The van der Waals surface area contributed by atoms with Crippen LogP contribution in [-0.4, -0.2) is 30.1 Å². The van der Waals surface area contributed by atoms with Gasteiger partial charge in [0.05, 0.1) is 6.61 Å². The second kappa shape index (κ2) is 8.68. The van der Waals surface area contributed by atoms with Gasteiger partial charge in [-0.05, 0) is 48.4 Å². The Kier molecular flexibility index (Phi) is 5.61. The topological polar surface area (TPSA) is 29.5 Å². The molecule has 1 saturated heterocycles. The van der Waals surface area contributed by atoms with Gasteiger partial charge in [-0.15, -0.1) is 0 Å². The Bertz CT molecular complexity index is 1000. The van der Waals surface area contributed by atoms with Gasteiger partial charge in [-0.1, -0.05) is 78.9 Å². The average Bonchev–Trinajstić information content (AvgIpc) is 3.24. The van der Waals surface area contributed by atoms with Gasteiger partial charge in [0.2, 0.25) is 0 Å². The third-order valence-corrected chi connectivity index (χ3v) is 7.18. The number of amides is 1. The van der Waals surface area contributed by atoms with Crippen LogP contribution in [0.1, 0.15) is 40.7 Å². The van der Waals surface area contributed by atoms with Crippen molar-refractivity contribution in [3.63, 3.8) is 0 Å². The van der Waals surface area contributed by atoms with Crippen LogP contribution in [0.5, 0.6) is 0 Å². The van der Waals surface area contributed by atoms with Crippen LogP contribution in [0.4, 0.5) is 0 Å². The lowest BCUT2D eigenvalue weighted by Gasteiger charge is -2.40. The van der Waals surface area contributed by atoms with Crippen molar-refractivity contribution in [2.24, 2.45) is 5.92 Å². The molecule has 0 N–H and O–H groups in total. The number of ether oxygens (including phenoxy) is 1. The Hall–Kier alpha value is -2.91. The molecule has 1 saturated carbocycles. The van der Waals surface area contributed by atoms with E-state index in [1.807, 2.05) is 48.5 Å². The third-order valence-electron chi connectivity index (χ3n) is 7.18. The minimum absolute atomic E-state index is 0.00389. The second-order valence-electron chi connectivity index (χ2n) is 8.94. The van der Waals surface area contributed by atoms with Crippen LogP contribution in [0.25, 0.3) is 0 Å². The predicted molar refractivity (Wildman–Crippen MR) is 123 cm³/mol. The molecule has 3 aromatic carbocycles. The third kappa shape index (κ3) is 3.90.